The average Bonchev–Trinajstić information content (AvgIpc) is 2.45. The molecule has 0 saturated heterocycles. The number of rotatable bonds is 2. The number of halogens is 2. The van der Waals surface area contributed by atoms with Crippen LogP contribution in [0, 0.1) is 0 Å². The van der Waals surface area contributed by atoms with Crippen LogP contribution in [0.15, 0.2) is 33.5 Å². The molecular weight excluding hydrogens is 351 g/mol. The normalized spacial score (nSPS) is 10.3. The summed E-state index contributed by atoms with van der Waals surface area (Å²) in [6, 6.07) is 6.26. The minimum atomic E-state index is -0.856. The lowest BCUT2D eigenvalue weighted by atomic mass is 10.3. The van der Waals surface area contributed by atoms with Gasteiger partial charge in [-0.3, -0.25) is 4.79 Å². The van der Waals surface area contributed by atoms with Gasteiger partial charge >= 0.3 is 5.97 Å². The third-order valence-corrected chi connectivity index (χ3v) is 3.43. The van der Waals surface area contributed by atoms with Crippen LogP contribution in [0.25, 0.3) is 5.69 Å². The van der Waals surface area contributed by atoms with Gasteiger partial charge in [-0.25, -0.2) is 4.79 Å². The topological polar surface area (TPSA) is 81.4 Å². The van der Waals surface area contributed by atoms with Gasteiger partial charge in [-0.15, -0.1) is 0 Å². The number of aromatic hydroxyl groups is 1. The summed E-state index contributed by atoms with van der Waals surface area (Å²) >= 11 is 8.70. The Hall–Kier alpha value is -1.86. The Morgan fingerprint density at radius 1 is 1.40 bits per heavy atom. The van der Waals surface area contributed by atoms with Crippen molar-refractivity contribution in [3.8, 4) is 11.4 Å². The predicted molar refractivity (Wildman–Crippen MR) is 75.5 cm³/mol. The SMILES string of the molecule is COC(=O)c1nn(-c2ccc(Cl)cc2)c(=O)c(Br)c1O. The molecule has 0 aliphatic carbocycles. The van der Waals surface area contributed by atoms with Gasteiger partial charge in [-0.05, 0) is 40.2 Å². The number of esters is 1. The quantitative estimate of drug-likeness (QED) is 0.831. The summed E-state index contributed by atoms with van der Waals surface area (Å²) in [5, 5.41) is 14.1. The van der Waals surface area contributed by atoms with Crippen molar-refractivity contribution in [3.05, 3.63) is 49.8 Å². The monoisotopic (exact) mass is 358 g/mol. The molecule has 6 nitrogen and oxygen atoms in total. The third-order valence-electron chi connectivity index (χ3n) is 2.46. The number of hydrogen-bond donors (Lipinski definition) is 1. The molecule has 0 bridgehead atoms. The molecule has 0 amide bonds. The highest BCUT2D eigenvalue weighted by atomic mass is 79.9. The molecule has 0 spiro atoms. The van der Waals surface area contributed by atoms with Crippen molar-refractivity contribution in [2.75, 3.05) is 7.11 Å². The lowest BCUT2D eigenvalue weighted by molar-refractivity contribution is 0.0587. The minimum absolute atomic E-state index is 0.178. The van der Waals surface area contributed by atoms with Crippen molar-refractivity contribution in [1.29, 1.82) is 0 Å². The van der Waals surface area contributed by atoms with E-state index in [2.05, 4.69) is 25.8 Å². The van der Waals surface area contributed by atoms with E-state index in [9.17, 15) is 14.7 Å². The fourth-order valence-electron chi connectivity index (χ4n) is 1.48. The van der Waals surface area contributed by atoms with E-state index in [-0.39, 0.29) is 10.2 Å². The highest BCUT2D eigenvalue weighted by molar-refractivity contribution is 9.10. The summed E-state index contributed by atoms with van der Waals surface area (Å²) in [5.74, 6) is -1.42. The number of carbonyl (C=O) groups is 1. The van der Waals surface area contributed by atoms with Crippen molar-refractivity contribution < 1.29 is 14.6 Å². The van der Waals surface area contributed by atoms with Crippen LogP contribution in [0.3, 0.4) is 0 Å². The minimum Gasteiger partial charge on any atom is -0.504 e. The summed E-state index contributed by atoms with van der Waals surface area (Å²) < 4.78 is 5.29. The molecule has 1 heterocycles. The lowest BCUT2D eigenvalue weighted by Crippen LogP contribution is -2.25. The second-order valence-corrected chi connectivity index (χ2v) is 4.93. The molecule has 0 radical (unpaired) electrons. The van der Waals surface area contributed by atoms with Crippen LogP contribution < -0.4 is 5.56 Å². The first kappa shape index (κ1) is 14.5. The molecule has 8 heteroatoms. The zero-order valence-corrected chi connectivity index (χ0v) is 12.5. The van der Waals surface area contributed by atoms with Crippen LogP contribution in [0.4, 0.5) is 0 Å². The number of nitrogens with zero attached hydrogens (tertiary/aromatic N) is 2. The fraction of sp³-hybridized carbons (Fsp3) is 0.0833. The number of hydrogen-bond acceptors (Lipinski definition) is 5. The van der Waals surface area contributed by atoms with Crippen LogP contribution in [-0.2, 0) is 4.74 Å². The molecule has 0 unspecified atom stereocenters. The van der Waals surface area contributed by atoms with Gasteiger partial charge in [0.25, 0.3) is 5.56 Å². The molecule has 0 atom stereocenters. The Morgan fingerprint density at radius 2 is 2.00 bits per heavy atom. The maximum atomic E-state index is 12.0. The van der Waals surface area contributed by atoms with E-state index in [1.54, 1.807) is 24.3 Å². The number of carbonyl (C=O) groups excluding carboxylic acids is 1. The first-order chi connectivity index (χ1) is 9.45. The van der Waals surface area contributed by atoms with E-state index in [1.807, 2.05) is 0 Å². The zero-order valence-electron chi connectivity index (χ0n) is 10.1. The standard InChI is InChI=1S/C12H8BrClN2O4/c1-20-12(19)9-10(17)8(13)11(18)16(15-9)7-4-2-6(14)3-5-7/h2-5,17H,1H3. The largest absolute Gasteiger partial charge is 0.504 e. The van der Waals surface area contributed by atoms with Gasteiger partial charge in [-0.2, -0.15) is 9.78 Å². The first-order valence-corrected chi connectivity index (χ1v) is 6.49. The summed E-state index contributed by atoms with van der Waals surface area (Å²) in [5.41, 5.74) is -0.586. The predicted octanol–water partition coefficient (Wildman–Crippen LogP) is 2.14. The van der Waals surface area contributed by atoms with Crippen molar-refractivity contribution in [1.82, 2.24) is 9.78 Å². The second-order valence-electron chi connectivity index (χ2n) is 3.70. The molecule has 2 aromatic rings. The van der Waals surface area contributed by atoms with Crippen molar-refractivity contribution >= 4 is 33.5 Å². The Kier molecular flexibility index (Phi) is 4.10. The number of aromatic nitrogens is 2. The van der Waals surface area contributed by atoms with E-state index >= 15 is 0 Å². The van der Waals surface area contributed by atoms with Gasteiger partial charge < -0.3 is 9.84 Å². The van der Waals surface area contributed by atoms with E-state index in [0.29, 0.717) is 10.7 Å². The van der Waals surface area contributed by atoms with Gasteiger partial charge in [-0.1, -0.05) is 11.6 Å². The van der Waals surface area contributed by atoms with Crippen LogP contribution >= 0.6 is 27.5 Å². The van der Waals surface area contributed by atoms with Crippen molar-refractivity contribution in [3.63, 3.8) is 0 Å². The number of benzene rings is 1. The van der Waals surface area contributed by atoms with E-state index in [4.69, 9.17) is 11.6 Å². The van der Waals surface area contributed by atoms with E-state index in [1.165, 1.54) is 0 Å². The molecule has 0 saturated carbocycles. The Labute approximate surface area is 126 Å². The molecule has 0 aliphatic heterocycles. The smallest absolute Gasteiger partial charge is 0.362 e. The van der Waals surface area contributed by atoms with Crippen LogP contribution in [0.5, 0.6) is 5.75 Å². The summed E-state index contributed by atoms with van der Waals surface area (Å²) in [6.07, 6.45) is 0. The van der Waals surface area contributed by atoms with E-state index in [0.717, 1.165) is 11.8 Å². The molecule has 20 heavy (non-hydrogen) atoms. The third kappa shape index (κ3) is 2.54. The van der Waals surface area contributed by atoms with E-state index < -0.39 is 17.3 Å². The van der Waals surface area contributed by atoms with Gasteiger partial charge in [0, 0.05) is 5.02 Å². The second kappa shape index (κ2) is 5.64. The molecule has 104 valence electrons. The first-order valence-electron chi connectivity index (χ1n) is 5.31. The molecule has 1 aromatic heterocycles. The molecule has 0 fully saturated rings. The van der Waals surface area contributed by atoms with Crippen LogP contribution in [-0.4, -0.2) is 28.0 Å². The fourth-order valence-corrected chi connectivity index (χ4v) is 1.96. The van der Waals surface area contributed by atoms with Gasteiger partial charge in [0.05, 0.1) is 12.8 Å². The zero-order chi connectivity index (χ0) is 14.9. The Bertz CT molecular complexity index is 727. The molecule has 1 aromatic carbocycles. The highest BCUT2D eigenvalue weighted by Crippen LogP contribution is 2.24. The van der Waals surface area contributed by atoms with Gasteiger partial charge in [0.1, 0.15) is 4.47 Å². The van der Waals surface area contributed by atoms with Crippen molar-refractivity contribution in [2.45, 2.75) is 0 Å². The number of ether oxygens (including phenoxy) is 1. The average molecular weight is 360 g/mol. The molecule has 2 rings (SSSR count). The Morgan fingerprint density at radius 3 is 2.55 bits per heavy atom. The summed E-state index contributed by atoms with van der Waals surface area (Å²) in [6.45, 7) is 0. The molecule has 0 aliphatic rings. The maximum absolute atomic E-state index is 12.0. The van der Waals surface area contributed by atoms with Crippen molar-refractivity contribution in [2.24, 2.45) is 0 Å². The molecular formula is C12H8BrClN2O4. The lowest BCUT2D eigenvalue weighted by Gasteiger charge is -2.09. The highest BCUT2D eigenvalue weighted by Gasteiger charge is 2.21. The molecule has 1 N–H and O–H groups in total. The summed E-state index contributed by atoms with van der Waals surface area (Å²) in [4.78, 5) is 23.6. The van der Waals surface area contributed by atoms with Crippen LogP contribution in [0.1, 0.15) is 10.5 Å². The Balaban J connectivity index is 2.71. The summed E-state index contributed by atoms with van der Waals surface area (Å²) in [7, 11) is 1.15. The van der Waals surface area contributed by atoms with Crippen LogP contribution in [0.2, 0.25) is 5.02 Å². The van der Waals surface area contributed by atoms with Gasteiger partial charge in [0.15, 0.2) is 5.75 Å². The van der Waals surface area contributed by atoms with Gasteiger partial charge in [0.2, 0.25) is 5.69 Å². The number of methoxy groups -OCH3 is 1. The maximum Gasteiger partial charge on any atom is 0.362 e.